The van der Waals surface area contributed by atoms with Crippen molar-refractivity contribution in [1.82, 2.24) is 14.8 Å². The molecule has 0 saturated carbocycles. The van der Waals surface area contributed by atoms with E-state index >= 15 is 0 Å². The van der Waals surface area contributed by atoms with Crippen molar-refractivity contribution in [3.05, 3.63) is 12.2 Å². The van der Waals surface area contributed by atoms with E-state index < -0.39 is 30.6 Å². The quantitative estimate of drug-likeness (QED) is 0.649. The zero-order chi connectivity index (χ0) is 15.6. The Hall–Kier alpha value is -1.39. The number of ketones is 1. The number of Topliss-reactive ketones (excluding diaryl/α,β-unsaturated/α-hetero) is 1. The van der Waals surface area contributed by atoms with Gasteiger partial charge in [0, 0.05) is 21.1 Å². The molecule has 9 nitrogen and oxygen atoms in total. The second-order valence-corrected chi connectivity index (χ2v) is 4.75. The molecular formula is C12H19N3O6. The van der Waals surface area contributed by atoms with E-state index in [-0.39, 0.29) is 18.2 Å². The van der Waals surface area contributed by atoms with Crippen LogP contribution in [-0.2, 0) is 14.2 Å². The molecule has 2 N–H and O–H groups in total. The molecule has 5 atom stereocenters. The summed E-state index contributed by atoms with van der Waals surface area (Å²) in [5.41, 5.74) is 0. The Morgan fingerprint density at radius 2 is 2.19 bits per heavy atom. The van der Waals surface area contributed by atoms with Crippen molar-refractivity contribution < 1.29 is 29.2 Å². The van der Waals surface area contributed by atoms with Crippen LogP contribution < -0.4 is 0 Å². The molecule has 2 heterocycles. The van der Waals surface area contributed by atoms with Gasteiger partial charge in [-0.05, 0) is 0 Å². The maximum Gasteiger partial charge on any atom is 0.216 e. The van der Waals surface area contributed by atoms with Crippen molar-refractivity contribution in [2.75, 3.05) is 20.8 Å². The van der Waals surface area contributed by atoms with Crippen LogP contribution >= 0.6 is 0 Å². The summed E-state index contributed by atoms with van der Waals surface area (Å²) in [6.45, 7) is 0.985. The van der Waals surface area contributed by atoms with E-state index in [2.05, 4.69) is 10.1 Å². The summed E-state index contributed by atoms with van der Waals surface area (Å²) in [6.07, 6.45) is -2.08. The molecule has 21 heavy (non-hydrogen) atoms. The van der Waals surface area contributed by atoms with Gasteiger partial charge in [-0.1, -0.05) is 0 Å². The van der Waals surface area contributed by atoms with Crippen molar-refractivity contribution >= 4 is 5.78 Å². The first-order valence-corrected chi connectivity index (χ1v) is 6.45. The van der Waals surface area contributed by atoms with E-state index in [0.29, 0.717) is 0 Å². The fraction of sp³-hybridized carbons (Fsp3) is 0.750. The van der Waals surface area contributed by atoms with E-state index in [0.717, 1.165) is 0 Å². The lowest BCUT2D eigenvalue weighted by Gasteiger charge is -2.42. The molecular weight excluding hydrogens is 282 g/mol. The molecule has 1 fully saturated rings. The number of hydrogen-bond donors (Lipinski definition) is 2. The van der Waals surface area contributed by atoms with Crippen LogP contribution in [0, 0.1) is 0 Å². The van der Waals surface area contributed by atoms with Crippen LogP contribution in [0.3, 0.4) is 0 Å². The summed E-state index contributed by atoms with van der Waals surface area (Å²) in [6, 6.07) is -0.640. The normalized spacial score (nSPS) is 33.1. The third kappa shape index (κ3) is 2.97. The summed E-state index contributed by atoms with van der Waals surface area (Å²) < 4.78 is 17.4. The first-order chi connectivity index (χ1) is 10.0. The van der Waals surface area contributed by atoms with Gasteiger partial charge >= 0.3 is 0 Å². The molecule has 0 amide bonds. The van der Waals surface area contributed by atoms with Gasteiger partial charge in [0.05, 0.1) is 6.61 Å². The Bertz CT molecular complexity index is 493. The van der Waals surface area contributed by atoms with E-state index in [1.807, 2.05) is 0 Å². The summed E-state index contributed by atoms with van der Waals surface area (Å²) in [7, 11) is 2.86. The number of rotatable bonds is 5. The average molecular weight is 301 g/mol. The highest BCUT2D eigenvalue weighted by atomic mass is 16.7. The lowest BCUT2D eigenvalue weighted by atomic mass is 9.97. The molecule has 2 rings (SSSR count). The van der Waals surface area contributed by atoms with Gasteiger partial charge < -0.3 is 24.4 Å². The molecule has 0 radical (unpaired) electrons. The molecule has 5 unspecified atom stereocenters. The zero-order valence-electron chi connectivity index (χ0n) is 12.0. The highest BCUT2D eigenvalue weighted by Gasteiger charge is 2.47. The second-order valence-electron chi connectivity index (χ2n) is 4.75. The highest BCUT2D eigenvalue weighted by Crippen LogP contribution is 2.31. The molecule has 1 aromatic rings. The van der Waals surface area contributed by atoms with Gasteiger partial charge in [0.25, 0.3) is 0 Å². The number of aliphatic hydroxyl groups excluding tert-OH is 2. The largest absolute Gasteiger partial charge is 0.394 e. The van der Waals surface area contributed by atoms with Crippen LogP contribution in [0.2, 0.25) is 0 Å². The number of carbonyl (C=O) groups is 1. The lowest BCUT2D eigenvalue weighted by molar-refractivity contribution is -0.278. The van der Waals surface area contributed by atoms with Crippen LogP contribution in [0.4, 0.5) is 0 Å². The van der Waals surface area contributed by atoms with Crippen LogP contribution in [-0.4, -0.2) is 76.2 Å². The van der Waals surface area contributed by atoms with Crippen LogP contribution in [0.15, 0.2) is 6.33 Å². The van der Waals surface area contributed by atoms with E-state index in [9.17, 15) is 15.0 Å². The third-order valence-electron chi connectivity index (χ3n) is 3.46. The van der Waals surface area contributed by atoms with Gasteiger partial charge in [-0.25, -0.2) is 9.67 Å². The molecule has 0 spiro atoms. The van der Waals surface area contributed by atoms with Crippen molar-refractivity contribution in [2.45, 2.75) is 37.6 Å². The summed E-state index contributed by atoms with van der Waals surface area (Å²) in [5.74, 6) is -0.222. The fourth-order valence-electron chi connectivity index (χ4n) is 2.38. The number of carbonyl (C=O) groups excluding carboxylic acids is 1. The average Bonchev–Trinajstić information content (AvgIpc) is 2.96. The second kappa shape index (κ2) is 6.58. The molecule has 1 saturated heterocycles. The first kappa shape index (κ1) is 16.0. The molecule has 118 valence electrons. The Morgan fingerprint density at radius 1 is 1.48 bits per heavy atom. The summed E-state index contributed by atoms with van der Waals surface area (Å²) in [4.78, 5) is 15.2. The number of hydrogen-bond acceptors (Lipinski definition) is 8. The van der Waals surface area contributed by atoms with E-state index in [4.69, 9.17) is 14.2 Å². The standard InChI is InChI=1S/C12H19N3O6/c1-6(17)11-13-5-15(14-11)8-10(19-2)9(18)7(4-16)21-12(8)20-3/h5,7-10,12,16,18H,4H2,1-3H3. The predicted octanol–water partition coefficient (Wildman–Crippen LogP) is -1.24. The van der Waals surface area contributed by atoms with Crippen LogP contribution in [0.1, 0.15) is 23.6 Å². The summed E-state index contributed by atoms with van der Waals surface area (Å²) >= 11 is 0. The Balaban J connectivity index is 2.34. The van der Waals surface area contributed by atoms with Gasteiger partial charge in [0.1, 0.15) is 30.7 Å². The minimum atomic E-state index is -1.07. The highest BCUT2D eigenvalue weighted by molar-refractivity contribution is 5.89. The molecule has 1 aliphatic rings. The smallest absolute Gasteiger partial charge is 0.216 e. The van der Waals surface area contributed by atoms with Crippen molar-refractivity contribution in [3.63, 3.8) is 0 Å². The van der Waals surface area contributed by atoms with Crippen LogP contribution in [0.5, 0.6) is 0 Å². The number of ether oxygens (including phenoxy) is 3. The van der Waals surface area contributed by atoms with E-state index in [1.165, 1.54) is 32.2 Å². The monoisotopic (exact) mass is 301 g/mol. The minimum Gasteiger partial charge on any atom is -0.394 e. The number of nitrogens with zero attached hydrogens (tertiary/aromatic N) is 3. The zero-order valence-corrected chi connectivity index (χ0v) is 12.0. The van der Waals surface area contributed by atoms with Crippen molar-refractivity contribution in [2.24, 2.45) is 0 Å². The number of aromatic nitrogens is 3. The molecule has 1 aliphatic heterocycles. The number of aliphatic hydroxyl groups is 2. The van der Waals surface area contributed by atoms with Gasteiger partial charge in [0.2, 0.25) is 5.82 Å². The molecule has 0 aromatic carbocycles. The topological polar surface area (TPSA) is 116 Å². The third-order valence-corrected chi connectivity index (χ3v) is 3.46. The lowest BCUT2D eigenvalue weighted by Crippen LogP contribution is -2.57. The summed E-state index contributed by atoms with van der Waals surface area (Å²) in [5, 5.41) is 23.5. The predicted molar refractivity (Wildman–Crippen MR) is 68.6 cm³/mol. The first-order valence-electron chi connectivity index (χ1n) is 6.45. The molecule has 1 aromatic heterocycles. The molecule has 0 aliphatic carbocycles. The van der Waals surface area contributed by atoms with Gasteiger partial charge in [-0.3, -0.25) is 4.79 Å². The van der Waals surface area contributed by atoms with Crippen molar-refractivity contribution in [3.8, 4) is 0 Å². The SMILES string of the molecule is COC1OC(CO)C(O)C(OC)C1n1cnc(C(C)=O)n1. The maximum atomic E-state index is 11.3. The fourth-order valence-corrected chi connectivity index (χ4v) is 2.38. The van der Waals surface area contributed by atoms with Crippen molar-refractivity contribution in [1.29, 1.82) is 0 Å². The maximum absolute atomic E-state index is 11.3. The van der Waals surface area contributed by atoms with Crippen LogP contribution in [0.25, 0.3) is 0 Å². The Morgan fingerprint density at radius 3 is 2.67 bits per heavy atom. The van der Waals surface area contributed by atoms with Gasteiger partial charge in [0.15, 0.2) is 12.1 Å². The number of methoxy groups -OCH3 is 2. The molecule has 9 heteroatoms. The van der Waals surface area contributed by atoms with E-state index in [1.54, 1.807) is 0 Å². The Labute approximate surface area is 121 Å². The minimum absolute atomic E-state index is 0.0541. The van der Waals surface area contributed by atoms with Gasteiger partial charge in [-0.2, -0.15) is 0 Å². The Kier molecular flexibility index (Phi) is 5.01. The van der Waals surface area contributed by atoms with Gasteiger partial charge in [-0.15, -0.1) is 5.10 Å². The molecule has 0 bridgehead atoms.